The number of rotatable bonds is 5. The molecule has 2 saturated heterocycles. The van der Waals surface area contributed by atoms with Gasteiger partial charge in [-0.05, 0) is 43.0 Å². The first-order chi connectivity index (χ1) is 12.4. The van der Waals surface area contributed by atoms with Crippen LogP contribution < -0.4 is 4.74 Å². The van der Waals surface area contributed by atoms with Gasteiger partial charge in [0.05, 0.1) is 13.0 Å². The van der Waals surface area contributed by atoms with E-state index in [0.717, 1.165) is 12.8 Å². The number of amides is 2. The lowest BCUT2D eigenvalue weighted by Gasteiger charge is -2.25. The van der Waals surface area contributed by atoms with Crippen LogP contribution in [0.15, 0.2) is 24.3 Å². The summed E-state index contributed by atoms with van der Waals surface area (Å²) in [7, 11) is 1.55. The average molecular weight is 358 g/mol. The van der Waals surface area contributed by atoms with Gasteiger partial charge in [-0.15, -0.1) is 0 Å². The van der Waals surface area contributed by atoms with Gasteiger partial charge < -0.3 is 19.6 Å². The summed E-state index contributed by atoms with van der Waals surface area (Å²) < 4.78 is 5.09. The summed E-state index contributed by atoms with van der Waals surface area (Å²) >= 11 is 0. The van der Waals surface area contributed by atoms with Gasteiger partial charge in [0, 0.05) is 31.7 Å². The van der Waals surface area contributed by atoms with Crippen LogP contribution in [0.5, 0.6) is 5.75 Å². The number of likely N-dealkylation sites (tertiary alicyclic amines) is 2. The van der Waals surface area contributed by atoms with E-state index in [9.17, 15) is 19.5 Å². The molecule has 2 atom stereocenters. The van der Waals surface area contributed by atoms with E-state index in [2.05, 4.69) is 0 Å². The Bertz CT molecular complexity index is 758. The highest BCUT2D eigenvalue weighted by Crippen LogP contribution is 2.45. The molecule has 1 N–H and O–H groups in total. The summed E-state index contributed by atoms with van der Waals surface area (Å²) in [5.74, 6) is -0.845. The zero-order valence-electron chi connectivity index (χ0n) is 14.7. The Kier molecular flexibility index (Phi) is 3.89. The average Bonchev–Trinajstić information content (AvgIpc) is 3.31. The van der Waals surface area contributed by atoms with Crippen molar-refractivity contribution in [2.24, 2.45) is 17.3 Å². The molecule has 0 spiro atoms. The molecule has 0 bridgehead atoms. The number of carbonyl (C=O) groups excluding carboxylic acids is 2. The van der Waals surface area contributed by atoms with E-state index < -0.39 is 17.3 Å². The molecule has 7 heteroatoms. The van der Waals surface area contributed by atoms with Crippen LogP contribution in [0.1, 0.15) is 23.2 Å². The molecule has 0 aromatic heterocycles. The highest BCUT2D eigenvalue weighted by Gasteiger charge is 2.63. The van der Waals surface area contributed by atoms with Crippen LogP contribution in [0, 0.1) is 17.3 Å². The number of methoxy groups -OCH3 is 1. The third-order valence-electron chi connectivity index (χ3n) is 5.85. The minimum absolute atomic E-state index is 0.0742. The zero-order chi connectivity index (χ0) is 18.5. The van der Waals surface area contributed by atoms with Gasteiger partial charge in [0.1, 0.15) is 11.2 Å². The predicted molar refractivity (Wildman–Crippen MR) is 91.8 cm³/mol. The van der Waals surface area contributed by atoms with Gasteiger partial charge in [-0.2, -0.15) is 0 Å². The molecule has 0 radical (unpaired) electrons. The zero-order valence-corrected chi connectivity index (χ0v) is 14.7. The molecule has 1 saturated carbocycles. The van der Waals surface area contributed by atoms with E-state index in [1.54, 1.807) is 36.3 Å². The van der Waals surface area contributed by atoms with Gasteiger partial charge in [0.15, 0.2) is 0 Å². The van der Waals surface area contributed by atoms with Gasteiger partial charge in [-0.1, -0.05) is 0 Å². The number of hydrogen-bond acceptors (Lipinski definition) is 4. The minimum atomic E-state index is -1.19. The second kappa shape index (κ2) is 6.00. The lowest BCUT2D eigenvalue weighted by atomic mass is 9.81. The summed E-state index contributed by atoms with van der Waals surface area (Å²) in [4.78, 5) is 40.8. The van der Waals surface area contributed by atoms with Crippen LogP contribution in [-0.2, 0) is 9.59 Å². The highest BCUT2D eigenvalue weighted by molar-refractivity contribution is 5.98. The van der Waals surface area contributed by atoms with E-state index in [1.807, 2.05) is 0 Å². The Morgan fingerprint density at radius 2 is 1.92 bits per heavy atom. The maximum atomic E-state index is 12.8. The van der Waals surface area contributed by atoms with Gasteiger partial charge in [0.25, 0.3) is 5.91 Å². The fourth-order valence-corrected chi connectivity index (χ4v) is 4.15. The number of fused-ring (bicyclic) bond motifs is 1. The molecule has 3 aliphatic rings. The third kappa shape index (κ3) is 2.62. The maximum absolute atomic E-state index is 12.8. The minimum Gasteiger partial charge on any atom is -0.497 e. The van der Waals surface area contributed by atoms with Crippen LogP contribution >= 0.6 is 0 Å². The van der Waals surface area contributed by atoms with Crippen molar-refractivity contribution in [3.63, 3.8) is 0 Å². The van der Waals surface area contributed by atoms with Crippen LogP contribution in [-0.4, -0.2) is 66.0 Å². The lowest BCUT2D eigenvalue weighted by molar-refractivity contribution is -0.149. The Hall–Kier alpha value is -2.57. The van der Waals surface area contributed by atoms with E-state index >= 15 is 0 Å². The smallest absolute Gasteiger partial charge is 0.314 e. The van der Waals surface area contributed by atoms with Crippen LogP contribution in [0.25, 0.3) is 0 Å². The maximum Gasteiger partial charge on any atom is 0.314 e. The standard InChI is InChI=1S/C19H22N2O5/c1-26-14-6-4-13(5-7-14)16(22)21-9-15-17(23)20(8-12-2-3-12)10-19(15,11-21)18(24)25/h4-7,12,15H,2-3,8-11H2,1H3,(H,24,25)/t15-,19+/m1/s1. The van der Waals surface area contributed by atoms with Crippen molar-refractivity contribution in [1.29, 1.82) is 0 Å². The molecular weight excluding hydrogens is 336 g/mol. The molecule has 4 rings (SSSR count). The van der Waals surface area contributed by atoms with Gasteiger partial charge in [0.2, 0.25) is 5.91 Å². The number of hydrogen-bond donors (Lipinski definition) is 1. The Labute approximate surface area is 151 Å². The molecule has 138 valence electrons. The van der Waals surface area contributed by atoms with Crippen molar-refractivity contribution in [2.75, 3.05) is 33.3 Å². The summed E-state index contributed by atoms with van der Waals surface area (Å²) in [5.41, 5.74) is -0.720. The molecule has 2 aliphatic heterocycles. The number of carboxylic acid groups (broad SMARTS) is 1. The molecule has 1 aromatic carbocycles. The number of carboxylic acids is 1. The van der Waals surface area contributed by atoms with Crippen molar-refractivity contribution in [2.45, 2.75) is 12.8 Å². The molecule has 3 fully saturated rings. The molecule has 26 heavy (non-hydrogen) atoms. The monoisotopic (exact) mass is 358 g/mol. The SMILES string of the molecule is COc1ccc(C(=O)N2C[C@@H]3C(=O)N(CC4CC4)C[C@]3(C(=O)O)C2)cc1. The third-order valence-corrected chi connectivity index (χ3v) is 5.85. The Balaban J connectivity index is 1.54. The molecule has 1 aliphatic carbocycles. The first kappa shape index (κ1) is 16.9. The molecule has 2 amide bonds. The van der Waals surface area contributed by atoms with Crippen molar-refractivity contribution in [3.8, 4) is 5.75 Å². The van der Waals surface area contributed by atoms with Crippen molar-refractivity contribution >= 4 is 17.8 Å². The summed E-state index contributed by atoms with van der Waals surface area (Å²) in [6, 6.07) is 6.70. The fourth-order valence-electron chi connectivity index (χ4n) is 4.15. The highest BCUT2D eigenvalue weighted by atomic mass is 16.5. The van der Waals surface area contributed by atoms with Gasteiger partial charge in [-0.3, -0.25) is 14.4 Å². The van der Waals surface area contributed by atoms with E-state index in [1.165, 1.54) is 4.90 Å². The van der Waals surface area contributed by atoms with Crippen molar-refractivity contribution in [3.05, 3.63) is 29.8 Å². The Morgan fingerprint density at radius 1 is 1.23 bits per heavy atom. The first-order valence-corrected chi connectivity index (χ1v) is 8.90. The van der Waals surface area contributed by atoms with E-state index in [0.29, 0.717) is 23.8 Å². The molecular formula is C19H22N2O5. The number of carbonyl (C=O) groups is 3. The largest absolute Gasteiger partial charge is 0.497 e. The van der Waals surface area contributed by atoms with Crippen LogP contribution in [0.2, 0.25) is 0 Å². The van der Waals surface area contributed by atoms with Crippen molar-refractivity contribution < 1.29 is 24.2 Å². The second-order valence-electron chi connectivity index (χ2n) is 7.59. The van der Waals surface area contributed by atoms with Gasteiger partial charge >= 0.3 is 5.97 Å². The van der Waals surface area contributed by atoms with Gasteiger partial charge in [-0.25, -0.2) is 0 Å². The molecule has 2 heterocycles. The van der Waals surface area contributed by atoms with E-state index in [-0.39, 0.29) is 31.4 Å². The number of aliphatic carboxylic acids is 1. The fraction of sp³-hybridized carbons (Fsp3) is 0.526. The predicted octanol–water partition coefficient (Wildman–Crippen LogP) is 1.09. The summed E-state index contributed by atoms with van der Waals surface area (Å²) in [5, 5.41) is 9.86. The molecule has 0 unspecified atom stereocenters. The molecule has 1 aromatic rings. The van der Waals surface area contributed by atoms with Crippen LogP contribution in [0.4, 0.5) is 0 Å². The van der Waals surface area contributed by atoms with E-state index in [4.69, 9.17) is 4.74 Å². The number of ether oxygens (including phenoxy) is 1. The number of nitrogens with zero attached hydrogens (tertiary/aromatic N) is 2. The summed E-state index contributed by atoms with van der Waals surface area (Å²) in [6.45, 7) is 1.09. The topological polar surface area (TPSA) is 87.2 Å². The second-order valence-corrected chi connectivity index (χ2v) is 7.59. The quantitative estimate of drug-likeness (QED) is 0.851. The molecule has 7 nitrogen and oxygen atoms in total. The van der Waals surface area contributed by atoms with Crippen molar-refractivity contribution in [1.82, 2.24) is 9.80 Å². The normalized spacial score (nSPS) is 27.6. The summed E-state index contributed by atoms with van der Waals surface area (Å²) in [6.07, 6.45) is 2.22. The van der Waals surface area contributed by atoms with Crippen LogP contribution in [0.3, 0.4) is 0 Å². The lowest BCUT2D eigenvalue weighted by Crippen LogP contribution is -2.42. The first-order valence-electron chi connectivity index (χ1n) is 8.90. The Morgan fingerprint density at radius 3 is 2.46 bits per heavy atom. The number of benzene rings is 1.